The highest BCUT2D eigenvalue weighted by Crippen LogP contribution is 2.39. The number of aliphatic hydroxyl groups is 1. The van der Waals surface area contributed by atoms with Crippen molar-refractivity contribution in [2.75, 3.05) is 26.9 Å². The molecule has 1 N–H and O–H groups in total. The van der Waals surface area contributed by atoms with Gasteiger partial charge in [-0.15, -0.1) is 0 Å². The number of ether oxygens (including phenoxy) is 2. The Morgan fingerprint density at radius 2 is 1.76 bits per heavy atom. The summed E-state index contributed by atoms with van der Waals surface area (Å²) in [5, 5.41) is 11.0. The van der Waals surface area contributed by atoms with E-state index in [9.17, 15) is 14.7 Å². The van der Waals surface area contributed by atoms with E-state index in [0.29, 0.717) is 17.9 Å². The summed E-state index contributed by atoms with van der Waals surface area (Å²) < 4.78 is 11.4. The number of carbonyl (C=O) groups excluding carboxylic acids is 2. The average Bonchev–Trinajstić information content (AvgIpc) is 2.98. The van der Waals surface area contributed by atoms with Gasteiger partial charge in [-0.05, 0) is 48.9 Å². The predicted molar refractivity (Wildman–Crippen MR) is 113 cm³/mol. The quantitative estimate of drug-likeness (QED) is 0.385. The van der Waals surface area contributed by atoms with Crippen LogP contribution in [0.1, 0.15) is 24.1 Å². The second-order valence-corrected chi connectivity index (χ2v) is 7.41. The SMILES string of the molecule is CCOc1ccc(/C(O)=C2\C(=O)C(=O)N(CCOC)[C@H]2c2ccc(Br)cc2)cc1. The molecule has 0 aromatic heterocycles. The van der Waals surface area contributed by atoms with Crippen molar-refractivity contribution < 1.29 is 24.2 Å². The Morgan fingerprint density at radius 3 is 2.34 bits per heavy atom. The van der Waals surface area contributed by atoms with Gasteiger partial charge in [0.05, 0.1) is 24.8 Å². The number of ketones is 1. The molecule has 0 bridgehead atoms. The molecule has 3 rings (SSSR count). The monoisotopic (exact) mass is 459 g/mol. The third-order valence-electron chi connectivity index (χ3n) is 4.70. The molecule has 6 nitrogen and oxygen atoms in total. The van der Waals surface area contributed by atoms with Crippen molar-refractivity contribution in [3.05, 3.63) is 69.7 Å². The van der Waals surface area contributed by atoms with Crippen molar-refractivity contribution in [1.82, 2.24) is 4.90 Å². The van der Waals surface area contributed by atoms with Crippen molar-refractivity contribution in [2.45, 2.75) is 13.0 Å². The maximum atomic E-state index is 12.8. The Labute approximate surface area is 177 Å². The van der Waals surface area contributed by atoms with Crippen LogP contribution in [0.15, 0.2) is 58.6 Å². The number of likely N-dealkylation sites (tertiary alicyclic amines) is 1. The highest BCUT2D eigenvalue weighted by molar-refractivity contribution is 9.10. The standard InChI is InChI=1S/C22H22BrNO5/c1-3-29-17-10-6-15(7-11-17)20(25)18-19(14-4-8-16(23)9-5-14)24(12-13-28-2)22(27)21(18)26/h4-11,19,25H,3,12-13H2,1-2H3/b20-18+/t19-/m0/s1. The molecule has 1 atom stereocenters. The number of methoxy groups -OCH3 is 1. The first-order valence-corrected chi connectivity index (χ1v) is 10.0. The van der Waals surface area contributed by atoms with Crippen molar-refractivity contribution in [3.8, 4) is 5.75 Å². The van der Waals surface area contributed by atoms with Gasteiger partial charge in [0.2, 0.25) is 0 Å². The number of hydrogen-bond donors (Lipinski definition) is 1. The molecule has 1 fully saturated rings. The van der Waals surface area contributed by atoms with Crippen LogP contribution >= 0.6 is 15.9 Å². The maximum absolute atomic E-state index is 12.8. The minimum atomic E-state index is -0.708. The molecular formula is C22H22BrNO5. The minimum Gasteiger partial charge on any atom is -0.507 e. The zero-order chi connectivity index (χ0) is 21.0. The van der Waals surface area contributed by atoms with Crippen LogP contribution in [-0.2, 0) is 14.3 Å². The first-order chi connectivity index (χ1) is 14.0. The number of hydrogen-bond acceptors (Lipinski definition) is 5. The first kappa shape index (κ1) is 21.1. The summed E-state index contributed by atoms with van der Waals surface area (Å²) in [5.41, 5.74) is 1.24. The zero-order valence-corrected chi connectivity index (χ0v) is 17.8. The molecule has 7 heteroatoms. The van der Waals surface area contributed by atoms with Crippen molar-refractivity contribution in [2.24, 2.45) is 0 Å². The van der Waals surface area contributed by atoms with Crippen molar-refractivity contribution in [1.29, 1.82) is 0 Å². The molecule has 1 aliphatic rings. The van der Waals surface area contributed by atoms with E-state index in [-0.39, 0.29) is 24.5 Å². The molecule has 152 valence electrons. The van der Waals surface area contributed by atoms with Crippen molar-refractivity contribution in [3.63, 3.8) is 0 Å². The summed E-state index contributed by atoms with van der Waals surface area (Å²) in [6.45, 7) is 2.93. The van der Waals surface area contributed by atoms with Gasteiger partial charge in [0.15, 0.2) is 0 Å². The van der Waals surface area contributed by atoms with Crippen LogP contribution < -0.4 is 4.74 Å². The second kappa shape index (κ2) is 9.24. The molecule has 0 aliphatic carbocycles. The molecule has 0 radical (unpaired) electrons. The van der Waals surface area contributed by atoms with E-state index < -0.39 is 17.7 Å². The van der Waals surface area contributed by atoms with Gasteiger partial charge in [0, 0.05) is 23.7 Å². The third kappa shape index (κ3) is 4.36. The van der Waals surface area contributed by atoms with Gasteiger partial charge in [0.25, 0.3) is 11.7 Å². The summed E-state index contributed by atoms with van der Waals surface area (Å²) in [4.78, 5) is 27.0. The zero-order valence-electron chi connectivity index (χ0n) is 16.2. The molecule has 2 aromatic carbocycles. The lowest BCUT2D eigenvalue weighted by molar-refractivity contribution is -0.140. The van der Waals surface area contributed by atoms with Gasteiger partial charge in [0.1, 0.15) is 11.5 Å². The molecular weight excluding hydrogens is 438 g/mol. The van der Waals surface area contributed by atoms with Crippen LogP contribution in [0.2, 0.25) is 0 Å². The van der Waals surface area contributed by atoms with Crippen LogP contribution in [0.25, 0.3) is 5.76 Å². The summed E-state index contributed by atoms with van der Waals surface area (Å²) in [6, 6.07) is 13.4. The van der Waals surface area contributed by atoms with E-state index >= 15 is 0 Å². The molecule has 0 spiro atoms. The average molecular weight is 460 g/mol. The van der Waals surface area contributed by atoms with Crippen LogP contribution in [-0.4, -0.2) is 48.6 Å². The molecule has 1 heterocycles. The summed E-state index contributed by atoms with van der Waals surface area (Å²) in [5.74, 6) is -0.906. The second-order valence-electron chi connectivity index (χ2n) is 6.49. The molecule has 29 heavy (non-hydrogen) atoms. The summed E-state index contributed by atoms with van der Waals surface area (Å²) in [6.07, 6.45) is 0. The van der Waals surface area contributed by atoms with E-state index in [4.69, 9.17) is 9.47 Å². The van der Waals surface area contributed by atoms with E-state index in [2.05, 4.69) is 15.9 Å². The number of aliphatic hydroxyl groups excluding tert-OH is 1. The molecule has 0 saturated carbocycles. The molecule has 1 saturated heterocycles. The highest BCUT2D eigenvalue weighted by Gasteiger charge is 2.45. The number of nitrogens with zero attached hydrogens (tertiary/aromatic N) is 1. The summed E-state index contributed by atoms with van der Waals surface area (Å²) >= 11 is 3.39. The van der Waals surface area contributed by atoms with E-state index in [1.54, 1.807) is 24.3 Å². The molecule has 1 amide bonds. The van der Waals surface area contributed by atoms with Gasteiger partial charge in [-0.2, -0.15) is 0 Å². The molecule has 2 aromatic rings. The van der Waals surface area contributed by atoms with Crippen LogP contribution in [0.3, 0.4) is 0 Å². The predicted octanol–water partition coefficient (Wildman–Crippen LogP) is 3.92. The summed E-state index contributed by atoms with van der Waals surface area (Å²) in [7, 11) is 1.53. The fraction of sp³-hybridized carbons (Fsp3) is 0.273. The number of rotatable bonds is 7. The van der Waals surface area contributed by atoms with E-state index in [1.165, 1.54) is 12.0 Å². The third-order valence-corrected chi connectivity index (χ3v) is 5.23. The lowest BCUT2D eigenvalue weighted by Crippen LogP contribution is -2.32. The van der Waals surface area contributed by atoms with Crippen LogP contribution in [0.5, 0.6) is 5.75 Å². The largest absolute Gasteiger partial charge is 0.507 e. The van der Waals surface area contributed by atoms with Gasteiger partial charge in [-0.1, -0.05) is 28.1 Å². The van der Waals surface area contributed by atoms with Crippen LogP contribution in [0.4, 0.5) is 0 Å². The Bertz CT molecular complexity index is 921. The van der Waals surface area contributed by atoms with Crippen molar-refractivity contribution >= 4 is 33.4 Å². The minimum absolute atomic E-state index is 0.0672. The van der Waals surface area contributed by atoms with Gasteiger partial charge in [-0.3, -0.25) is 9.59 Å². The number of carbonyl (C=O) groups is 2. The smallest absolute Gasteiger partial charge is 0.295 e. The Kier molecular flexibility index (Phi) is 6.71. The molecule has 1 aliphatic heterocycles. The first-order valence-electron chi connectivity index (χ1n) is 9.24. The number of amides is 1. The topological polar surface area (TPSA) is 76.1 Å². The lowest BCUT2D eigenvalue weighted by atomic mass is 9.95. The van der Waals surface area contributed by atoms with E-state index in [1.807, 2.05) is 31.2 Å². The highest BCUT2D eigenvalue weighted by atomic mass is 79.9. The van der Waals surface area contributed by atoms with Gasteiger partial charge < -0.3 is 19.5 Å². The van der Waals surface area contributed by atoms with Crippen LogP contribution in [0, 0.1) is 0 Å². The molecule has 0 unspecified atom stereocenters. The van der Waals surface area contributed by atoms with Gasteiger partial charge >= 0.3 is 0 Å². The maximum Gasteiger partial charge on any atom is 0.295 e. The fourth-order valence-corrected chi connectivity index (χ4v) is 3.59. The number of benzene rings is 2. The Hall–Kier alpha value is -2.64. The van der Waals surface area contributed by atoms with Gasteiger partial charge in [-0.25, -0.2) is 0 Å². The number of Topliss-reactive ketones (excluding diaryl/α,β-unsaturated/α-hetero) is 1. The number of halogens is 1. The van der Waals surface area contributed by atoms with E-state index in [0.717, 1.165) is 10.0 Å². The Morgan fingerprint density at radius 1 is 1.10 bits per heavy atom. The lowest BCUT2D eigenvalue weighted by Gasteiger charge is -2.25. The fourth-order valence-electron chi connectivity index (χ4n) is 3.32. The Balaban J connectivity index is 2.09. The normalized spacial score (nSPS) is 18.3.